The van der Waals surface area contributed by atoms with Gasteiger partial charge in [0, 0.05) is 6.08 Å². The van der Waals surface area contributed by atoms with Gasteiger partial charge in [0.1, 0.15) is 5.58 Å². The van der Waals surface area contributed by atoms with Crippen molar-refractivity contribution in [3.8, 4) is 17.3 Å². The molecule has 4 aromatic rings. The van der Waals surface area contributed by atoms with Crippen LogP contribution in [0.5, 0.6) is 5.75 Å². The summed E-state index contributed by atoms with van der Waals surface area (Å²) in [5.41, 5.74) is 0.782. The number of fused-ring (bicyclic) bond motifs is 1. The fourth-order valence-electron chi connectivity index (χ4n) is 2.65. The first kappa shape index (κ1) is 16.6. The van der Waals surface area contributed by atoms with Gasteiger partial charge in [-0.15, -0.1) is 0 Å². The van der Waals surface area contributed by atoms with Crippen LogP contribution >= 0.6 is 0 Å². The third kappa shape index (κ3) is 3.43. The lowest BCUT2D eigenvalue weighted by atomic mass is 10.2. The van der Waals surface area contributed by atoms with E-state index >= 15 is 0 Å². The highest BCUT2D eigenvalue weighted by Gasteiger charge is 2.21. The van der Waals surface area contributed by atoms with E-state index in [0.717, 1.165) is 5.56 Å². The molecule has 0 unspecified atom stereocenters. The highest BCUT2D eigenvalue weighted by atomic mass is 16.5. The maximum absolute atomic E-state index is 12.9. The number of carbonyl (C=O) groups excluding carboxylic acids is 1. The summed E-state index contributed by atoms with van der Waals surface area (Å²) in [6.07, 6.45) is 4.32. The standard InChI is InChI=1S/C22H14O5/c23-19(13-12-15-7-2-1-3-8-15)27-22-20(24)16-9-4-5-10-17(16)26-21(22)18-11-6-14-25-18/h1-14H. The van der Waals surface area contributed by atoms with Gasteiger partial charge in [0.25, 0.3) is 0 Å². The van der Waals surface area contributed by atoms with E-state index in [-0.39, 0.29) is 11.5 Å². The molecule has 0 aliphatic heterocycles. The van der Waals surface area contributed by atoms with Gasteiger partial charge in [-0.05, 0) is 35.9 Å². The molecule has 0 radical (unpaired) electrons. The zero-order valence-electron chi connectivity index (χ0n) is 14.1. The average molecular weight is 358 g/mol. The van der Waals surface area contributed by atoms with Crippen molar-refractivity contribution in [2.45, 2.75) is 0 Å². The second-order valence-electron chi connectivity index (χ2n) is 5.73. The van der Waals surface area contributed by atoms with E-state index in [1.807, 2.05) is 30.3 Å². The van der Waals surface area contributed by atoms with E-state index in [4.69, 9.17) is 13.6 Å². The average Bonchev–Trinajstić information content (AvgIpc) is 3.24. The van der Waals surface area contributed by atoms with Crippen molar-refractivity contribution in [2.75, 3.05) is 0 Å². The zero-order chi connectivity index (χ0) is 18.6. The summed E-state index contributed by atoms with van der Waals surface area (Å²) < 4.78 is 16.5. The van der Waals surface area contributed by atoms with E-state index < -0.39 is 11.4 Å². The third-order valence-corrected chi connectivity index (χ3v) is 3.92. The van der Waals surface area contributed by atoms with Crippen LogP contribution in [0.15, 0.2) is 92.7 Å². The van der Waals surface area contributed by atoms with Crippen molar-refractivity contribution in [3.63, 3.8) is 0 Å². The number of hydrogen-bond donors (Lipinski definition) is 0. The van der Waals surface area contributed by atoms with Crippen LogP contribution in [0.2, 0.25) is 0 Å². The molecule has 2 aromatic carbocycles. The molecule has 0 bridgehead atoms. The zero-order valence-corrected chi connectivity index (χ0v) is 14.1. The van der Waals surface area contributed by atoms with Crippen molar-refractivity contribution in [3.05, 3.63) is 94.9 Å². The number of benzene rings is 2. The van der Waals surface area contributed by atoms with Gasteiger partial charge in [-0.2, -0.15) is 0 Å². The molecular weight excluding hydrogens is 344 g/mol. The fraction of sp³-hybridized carbons (Fsp3) is 0. The second kappa shape index (κ2) is 7.17. The number of ether oxygens (including phenoxy) is 1. The lowest BCUT2D eigenvalue weighted by Gasteiger charge is -2.07. The minimum atomic E-state index is -0.686. The van der Waals surface area contributed by atoms with Crippen LogP contribution in [-0.4, -0.2) is 5.97 Å². The van der Waals surface area contributed by atoms with Gasteiger partial charge in [0.15, 0.2) is 5.76 Å². The van der Waals surface area contributed by atoms with Crippen LogP contribution in [-0.2, 0) is 4.79 Å². The van der Waals surface area contributed by atoms with Gasteiger partial charge in [-0.3, -0.25) is 4.79 Å². The van der Waals surface area contributed by atoms with Gasteiger partial charge >= 0.3 is 5.97 Å². The summed E-state index contributed by atoms with van der Waals surface area (Å²) in [6.45, 7) is 0. The number of furan rings is 1. The smallest absolute Gasteiger partial charge is 0.336 e. The molecule has 0 fully saturated rings. The van der Waals surface area contributed by atoms with Crippen molar-refractivity contribution < 1.29 is 18.4 Å². The Labute approximate surface area is 154 Å². The molecule has 5 nitrogen and oxygen atoms in total. The van der Waals surface area contributed by atoms with E-state index in [2.05, 4.69) is 0 Å². The Kier molecular flexibility index (Phi) is 4.41. The molecule has 0 spiro atoms. The summed E-state index contributed by atoms with van der Waals surface area (Å²) in [4.78, 5) is 25.1. The van der Waals surface area contributed by atoms with E-state index in [1.54, 1.807) is 42.5 Å². The Morgan fingerprint density at radius 3 is 2.48 bits per heavy atom. The Bertz CT molecular complexity index is 1170. The lowest BCUT2D eigenvalue weighted by Crippen LogP contribution is -2.14. The Balaban J connectivity index is 1.75. The van der Waals surface area contributed by atoms with E-state index in [0.29, 0.717) is 16.7 Å². The van der Waals surface area contributed by atoms with Gasteiger partial charge in [-0.25, -0.2) is 4.79 Å². The van der Waals surface area contributed by atoms with Crippen molar-refractivity contribution in [2.24, 2.45) is 0 Å². The van der Waals surface area contributed by atoms with Gasteiger partial charge in [0.2, 0.25) is 16.9 Å². The highest BCUT2D eigenvalue weighted by molar-refractivity contribution is 5.90. The molecule has 0 amide bonds. The van der Waals surface area contributed by atoms with Crippen molar-refractivity contribution in [1.29, 1.82) is 0 Å². The quantitative estimate of drug-likeness (QED) is 0.392. The Morgan fingerprint density at radius 1 is 0.926 bits per heavy atom. The monoisotopic (exact) mass is 358 g/mol. The second-order valence-corrected chi connectivity index (χ2v) is 5.73. The molecule has 2 heterocycles. The molecule has 4 rings (SSSR count). The van der Waals surface area contributed by atoms with Gasteiger partial charge < -0.3 is 13.6 Å². The van der Waals surface area contributed by atoms with Gasteiger partial charge in [-0.1, -0.05) is 42.5 Å². The van der Waals surface area contributed by atoms with E-state index in [9.17, 15) is 9.59 Å². The number of esters is 1. The number of hydrogen-bond acceptors (Lipinski definition) is 5. The number of rotatable bonds is 4. The van der Waals surface area contributed by atoms with Crippen LogP contribution in [0.3, 0.4) is 0 Å². The Morgan fingerprint density at radius 2 is 1.70 bits per heavy atom. The molecule has 5 heteroatoms. The first-order valence-corrected chi connectivity index (χ1v) is 8.27. The maximum atomic E-state index is 12.9. The highest BCUT2D eigenvalue weighted by Crippen LogP contribution is 2.31. The van der Waals surface area contributed by atoms with Crippen molar-refractivity contribution >= 4 is 23.0 Å². The summed E-state index contributed by atoms with van der Waals surface area (Å²) in [7, 11) is 0. The Hall–Kier alpha value is -3.86. The SMILES string of the molecule is O=C(C=Cc1ccccc1)Oc1c(-c2ccco2)oc2ccccc2c1=O. The summed E-state index contributed by atoms with van der Waals surface area (Å²) in [5, 5.41) is 0.322. The molecule has 0 aliphatic rings. The molecule has 0 atom stereocenters. The van der Waals surface area contributed by atoms with Crippen LogP contribution in [0.4, 0.5) is 0 Å². The topological polar surface area (TPSA) is 69.7 Å². The predicted octanol–water partition coefficient (Wildman–Crippen LogP) is 4.67. The molecule has 0 saturated carbocycles. The van der Waals surface area contributed by atoms with Crippen LogP contribution in [0.1, 0.15) is 5.56 Å². The van der Waals surface area contributed by atoms with Crippen LogP contribution in [0, 0.1) is 0 Å². The van der Waals surface area contributed by atoms with Crippen LogP contribution < -0.4 is 10.2 Å². The largest absolute Gasteiger partial charge is 0.461 e. The third-order valence-electron chi connectivity index (χ3n) is 3.92. The molecule has 0 aliphatic carbocycles. The first-order chi connectivity index (χ1) is 13.2. The minimum absolute atomic E-state index is 0.0742. The molecule has 0 saturated heterocycles. The maximum Gasteiger partial charge on any atom is 0.336 e. The summed E-state index contributed by atoms with van der Waals surface area (Å²) in [5.74, 6) is -0.515. The van der Waals surface area contributed by atoms with Gasteiger partial charge in [0.05, 0.1) is 11.6 Å². The summed E-state index contributed by atoms with van der Waals surface area (Å²) >= 11 is 0. The molecule has 0 N–H and O–H groups in total. The van der Waals surface area contributed by atoms with E-state index in [1.165, 1.54) is 12.3 Å². The van der Waals surface area contributed by atoms with Crippen molar-refractivity contribution in [1.82, 2.24) is 0 Å². The lowest BCUT2D eigenvalue weighted by molar-refractivity contribution is -0.129. The first-order valence-electron chi connectivity index (χ1n) is 8.27. The predicted molar refractivity (Wildman–Crippen MR) is 101 cm³/mol. The number of para-hydroxylation sites is 1. The molecule has 27 heavy (non-hydrogen) atoms. The normalized spacial score (nSPS) is 11.1. The summed E-state index contributed by atoms with van der Waals surface area (Å²) in [6, 6.07) is 19.3. The van der Waals surface area contributed by atoms with Crippen LogP contribution in [0.25, 0.3) is 28.6 Å². The number of carbonyl (C=O) groups is 1. The minimum Gasteiger partial charge on any atom is -0.461 e. The molecular formula is C22H14O5. The molecule has 2 aromatic heterocycles. The molecule has 132 valence electrons. The fourth-order valence-corrected chi connectivity index (χ4v) is 2.65.